The zero-order valence-electron chi connectivity index (χ0n) is 13.5. The van der Waals surface area contributed by atoms with Crippen LogP contribution >= 0.6 is 0 Å². The molecule has 1 aromatic carbocycles. The van der Waals surface area contributed by atoms with Crippen molar-refractivity contribution in [2.24, 2.45) is 10.7 Å². The number of aliphatic imine (C=N–C) groups is 1. The van der Waals surface area contributed by atoms with Crippen molar-refractivity contribution in [2.75, 3.05) is 13.7 Å². The number of methoxy groups -OCH3 is 1. The van der Waals surface area contributed by atoms with E-state index in [9.17, 15) is 0 Å². The molecule has 122 valence electrons. The topological polar surface area (TPSA) is 68.9 Å². The summed E-state index contributed by atoms with van der Waals surface area (Å²) < 4.78 is 11.1. The van der Waals surface area contributed by atoms with E-state index in [0.29, 0.717) is 18.5 Å². The van der Waals surface area contributed by atoms with Crippen LogP contribution in [0, 0.1) is 0 Å². The number of guanidine groups is 1. The second-order valence-corrected chi connectivity index (χ2v) is 5.78. The van der Waals surface area contributed by atoms with Crippen LogP contribution in [0.1, 0.15) is 39.0 Å². The monoisotopic (exact) mass is 305 g/mol. The average molecular weight is 305 g/mol. The summed E-state index contributed by atoms with van der Waals surface area (Å²) in [6, 6.07) is 8.09. The fraction of sp³-hybridized carbons (Fsp3) is 0.588. The summed E-state index contributed by atoms with van der Waals surface area (Å²) in [4.78, 5) is 4.39. The highest BCUT2D eigenvalue weighted by Crippen LogP contribution is 2.26. The Labute approximate surface area is 132 Å². The number of nitrogens with two attached hydrogens (primary N) is 1. The van der Waals surface area contributed by atoms with Gasteiger partial charge >= 0.3 is 0 Å². The summed E-state index contributed by atoms with van der Waals surface area (Å²) in [5.41, 5.74) is 5.96. The lowest BCUT2D eigenvalue weighted by molar-refractivity contribution is 0.219. The molecule has 2 rings (SSSR count). The van der Waals surface area contributed by atoms with Crippen LogP contribution in [0.5, 0.6) is 11.5 Å². The van der Waals surface area contributed by atoms with E-state index in [1.807, 2.05) is 31.2 Å². The molecule has 22 heavy (non-hydrogen) atoms. The lowest BCUT2D eigenvalue weighted by Crippen LogP contribution is -2.41. The molecule has 1 aliphatic rings. The molecule has 1 atom stereocenters. The van der Waals surface area contributed by atoms with Crippen molar-refractivity contribution in [3.8, 4) is 11.5 Å². The lowest BCUT2D eigenvalue weighted by atomic mass is 9.96. The number of nitrogens with one attached hydrogen (secondary N) is 1. The minimum absolute atomic E-state index is 0.0667. The van der Waals surface area contributed by atoms with E-state index >= 15 is 0 Å². The van der Waals surface area contributed by atoms with Crippen LogP contribution in [0.4, 0.5) is 0 Å². The van der Waals surface area contributed by atoms with Gasteiger partial charge in [0, 0.05) is 6.04 Å². The molecule has 1 aliphatic carbocycles. The first-order valence-electron chi connectivity index (χ1n) is 8.05. The van der Waals surface area contributed by atoms with E-state index in [1.54, 1.807) is 7.11 Å². The van der Waals surface area contributed by atoms with Crippen molar-refractivity contribution in [1.82, 2.24) is 5.32 Å². The zero-order chi connectivity index (χ0) is 15.8. The third-order valence-electron chi connectivity index (χ3n) is 3.87. The summed E-state index contributed by atoms with van der Waals surface area (Å²) in [7, 11) is 1.64. The van der Waals surface area contributed by atoms with Gasteiger partial charge < -0.3 is 20.5 Å². The van der Waals surface area contributed by atoms with Gasteiger partial charge in [-0.05, 0) is 31.9 Å². The average Bonchev–Trinajstić information content (AvgIpc) is 2.54. The minimum atomic E-state index is -0.0667. The van der Waals surface area contributed by atoms with Gasteiger partial charge in [0.25, 0.3) is 0 Å². The first-order valence-corrected chi connectivity index (χ1v) is 8.05. The number of hydrogen-bond donors (Lipinski definition) is 2. The third kappa shape index (κ3) is 5.13. The second kappa shape index (κ2) is 8.51. The maximum Gasteiger partial charge on any atom is 0.188 e. The molecule has 0 radical (unpaired) electrons. The van der Waals surface area contributed by atoms with Crippen LogP contribution in [0.15, 0.2) is 29.3 Å². The van der Waals surface area contributed by atoms with E-state index in [2.05, 4.69) is 10.3 Å². The highest BCUT2D eigenvalue weighted by Gasteiger charge is 2.13. The maximum atomic E-state index is 5.96. The molecule has 0 amide bonds. The molecule has 0 spiro atoms. The van der Waals surface area contributed by atoms with Gasteiger partial charge in [0.15, 0.2) is 17.5 Å². The Hall–Kier alpha value is -1.91. The number of nitrogens with zero attached hydrogens (tertiary/aromatic N) is 1. The van der Waals surface area contributed by atoms with Crippen molar-refractivity contribution < 1.29 is 9.47 Å². The summed E-state index contributed by atoms with van der Waals surface area (Å²) in [5, 5.41) is 3.31. The molecule has 1 aromatic rings. The molecule has 0 aliphatic heterocycles. The van der Waals surface area contributed by atoms with Crippen LogP contribution in [0.25, 0.3) is 0 Å². The molecule has 5 heteroatoms. The van der Waals surface area contributed by atoms with E-state index in [4.69, 9.17) is 15.2 Å². The van der Waals surface area contributed by atoms with Gasteiger partial charge in [-0.3, -0.25) is 0 Å². The second-order valence-electron chi connectivity index (χ2n) is 5.78. The molecule has 0 bridgehead atoms. The van der Waals surface area contributed by atoms with E-state index in [-0.39, 0.29) is 6.10 Å². The third-order valence-corrected chi connectivity index (χ3v) is 3.87. The van der Waals surface area contributed by atoms with Crippen molar-refractivity contribution in [1.29, 1.82) is 0 Å². The Bertz CT molecular complexity index is 485. The Morgan fingerprint density at radius 2 is 1.95 bits per heavy atom. The smallest absolute Gasteiger partial charge is 0.188 e. The normalized spacial score (nSPS) is 17.8. The van der Waals surface area contributed by atoms with Gasteiger partial charge in [-0.1, -0.05) is 31.4 Å². The van der Waals surface area contributed by atoms with Crippen molar-refractivity contribution >= 4 is 5.96 Å². The number of ether oxygens (including phenoxy) is 2. The van der Waals surface area contributed by atoms with Crippen LogP contribution in [-0.4, -0.2) is 31.8 Å². The molecule has 1 unspecified atom stereocenters. The number of rotatable bonds is 6. The van der Waals surface area contributed by atoms with Gasteiger partial charge in [0.05, 0.1) is 13.7 Å². The van der Waals surface area contributed by atoms with E-state index in [0.717, 1.165) is 11.5 Å². The largest absolute Gasteiger partial charge is 0.493 e. The summed E-state index contributed by atoms with van der Waals surface area (Å²) >= 11 is 0. The summed E-state index contributed by atoms with van der Waals surface area (Å²) in [5.74, 6) is 1.97. The Balaban J connectivity index is 1.80. The molecule has 0 heterocycles. The van der Waals surface area contributed by atoms with Gasteiger partial charge in [-0.2, -0.15) is 0 Å². The maximum absolute atomic E-state index is 5.96. The van der Waals surface area contributed by atoms with Crippen molar-refractivity contribution in [3.05, 3.63) is 24.3 Å². The highest BCUT2D eigenvalue weighted by molar-refractivity contribution is 5.78. The molecular weight excluding hydrogens is 278 g/mol. The Morgan fingerprint density at radius 3 is 2.64 bits per heavy atom. The molecule has 0 aromatic heterocycles. The molecule has 5 nitrogen and oxygen atoms in total. The zero-order valence-corrected chi connectivity index (χ0v) is 13.5. The van der Waals surface area contributed by atoms with E-state index < -0.39 is 0 Å². The van der Waals surface area contributed by atoms with Crippen LogP contribution in [0.3, 0.4) is 0 Å². The van der Waals surface area contributed by atoms with Crippen LogP contribution in [-0.2, 0) is 0 Å². The van der Waals surface area contributed by atoms with Gasteiger partial charge in [-0.25, -0.2) is 4.99 Å². The molecule has 1 saturated carbocycles. The van der Waals surface area contributed by atoms with Gasteiger partial charge in [-0.15, -0.1) is 0 Å². The fourth-order valence-electron chi connectivity index (χ4n) is 2.70. The summed E-state index contributed by atoms with van der Waals surface area (Å²) in [6.07, 6.45) is 6.19. The van der Waals surface area contributed by atoms with Gasteiger partial charge in [0.2, 0.25) is 0 Å². The molecule has 0 saturated heterocycles. The molecular formula is C17H27N3O2. The van der Waals surface area contributed by atoms with Gasteiger partial charge in [0.1, 0.15) is 6.10 Å². The number of para-hydroxylation sites is 2. The molecule has 1 fully saturated rings. The summed E-state index contributed by atoms with van der Waals surface area (Å²) in [6.45, 7) is 2.49. The predicted octanol–water partition coefficient (Wildman–Crippen LogP) is 2.70. The fourth-order valence-corrected chi connectivity index (χ4v) is 2.70. The predicted molar refractivity (Wildman–Crippen MR) is 89.6 cm³/mol. The van der Waals surface area contributed by atoms with E-state index in [1.165, 1.54) is 32.1 Å². The first-order chi connectivity index (χ1) is 10.7. The number of hydrogen-bond acceptors (Lipinski definition) is 3. The number of benzene rings is 1. The quantitative estimate of drug-likeness (QED) is 0.626. The molecule has 3 N–H and O–H groups in total. The first kappa shape index (κ1) is 16.5. The minimum Gasteiger partial charge on any atom is -0.493 e. The van der Waals surface area contributed by atoms with Crippen molar-refractivity contribution in [3.63, 3.8) is 0 Å². The lowest BCUT2D eigenvalue weighted by Gasteiger charge is -2.23. The van der Waals surface area contributed by atoms with Crippen molar-refractivity contribution in [2.45, 2.75) is 51.2 Å². The van der Waals surface area contributed by atoms with Crippen LogP contribution < -0.4 is 20.5 Å². The standard InChI is InChI=1S/C17H27N3O2/c1-13(22-16-11-7-6-10-15(16)21-2)12-19-17(18)20-14-8-4-3-5-9-14/h6-7,10-11,13-14H,3-5,8-9,12H2,1-2H3,(H3,18,19,20). The Morgan fingerprint density at radius 1 is 1.27 bits per heavy atom. The van der Waals surface area contributed by atoms with Crippen LogP contribution in [0.2, 0.25) is 0 Å². The SMILES string of the molecule is COc1ccccc1OC(C)CN=C(N)NC1CCCCC1. The highest BCUT2D eigenvalue weighted by atomic mass is 16.5. The Kier molecular flexibility index (Phi) is 6.37.